The Morgan fingerprint density at radius 3 is 1.48 bits per heavy atom. The summed E-state index contributed by atoms with van der Waals surface area (Å²) in [6.07, 6.45) is -8.72. The van der Waals surface area contributed by atoms with Crippen molar-refractivity contribution in [2.45, 2.75) is 30.7 Å². The lowest BCUT2D eigenvalue weighted by Gasteiger charge is -2.36. The SMILES string of the molecule is O=C(O)[C@H]1O[C@@H](O)[C@H](O)[C@@H](O)[C@@H]1O.c1ccc2cc3ccccc3cc2c1. The first-order chi connectivity index (χ1) is 12.9. The van der Waals surface area contributed by atoms with Crippen LogP contribution in [0.1, 0.15) is 0 Å². The zero-order valence-electron chi connectivity index (χ0n) is 14.2. The van der Waals surface area contributed by atoms with E-state index in [0.717, 1.165) is 0 Å². The van der Waals surface area contributed by atoms with Crippen LogP contribution < -0.4 is 0 Å². The second-order valence-electron chi connectivity index (χ2n) is 6.30. The zero-order valence-corrected chi connectivity index (χ0v) is 14.2. The minimum atomic E-state index is -1.81. The number of carboxylic acids is 1. The van der Waals surface area contributed by atoms with E-state index in [1.807, 2.05) is 0 Å². The van der Waals surface area contributed by atoms with Crippen LogP contribution in [0.15, 0.2) is 60.7 Å². The van der Waals surface area contributed by atoms with Crippen molar-refractivity contribution in [3.05, 3.63) is 60.7 Å². The van der Waals surface area contributed by atoms with E-state index in [9.17, 15) is 4.79 Å². The summed E-state index contributed by atoms with van der Waals surface area (Å²) in [5.74, 6) is -1.52. The predicted octanol–water partition coefficient (Wildman–Crippen LogP) is 0.864. The summed E-state index contributed by atoms with van der Waals surface area (Å²) in [5, 5.41) is 49.6. The van der Waals surface area contributed by atoms with Crippen LogP contribution in [-0.4, -0.2) is 62.2 Å². The van der Waals surface area contributed by atoms with Gasteiger partial charge in [-0.1, -0.05) is 48.5 Å². The number of rotatable bonds is 1. The van der Waals surface area contributed by atoms with Gasteiger partial charge in [0.1, 0.15) is 18.3 Å². The van der Waals surface area contributed by atoms with Gasteiger partial charge in [-0.25, -0.2) is 4.79 Å². The maximum atomic E-state index is 10.4. The van der Waals surface area contributed by atoms with Gasteiger partial charge in [0, 0.05) is 0 Å². The van der Waals surface area contributed by atoms with Crippen LogP contribution in [-0.2, 0) is 9.53 Å². The normalized spacial score (nSPS) is 27.8. The maximum Gasteiger partial charge on any atom is 0.335 e. The van der Waals surface area contributed by atoms with E-state index in [1.54, 1.807) is 0 Å². The molecule has 0 unspecified atom stereocenters. The summed E-state index contributed by atoms with van der Waals surface area (Å²) in [6, 6.07) is 21.4. The molecule has 4 rings (SSSR count). The molecule has 0 aromatic heterocycles. The molecule has 1 aliphatic rings. The van der Waals surface area contributed by atoms with Crippen LogP contribution >= 0.6 is 0 Å². The molecule has 1 aliphatic heterocycles. The summed E-state index contributed by atoms with van der Waals surface area (Å²) in [5.41, 5.74) is 0. The molecule has 7 heteroatoms. The van der Waals surface area contributed by atoms with Crippen molar-refractivity contribution in [1.29, 1.82) is 0 Å². The van der Waals surface area contributed by atoms with Gasteiger partial charge < -0.3 is 30.3 Å². The van der Waals surface area contributed by atoms with Crippen LogP contribution in [0.3, 0.4) is 0 Å². The highest BCUT2D eigenvalue weighted by molar-refractivity contribution is 5.98. The van der Waals surface area contributed by atoms with Crippen LogP contribution in [0, 0.1) is 0 Å². The zero-order chi connectivity index (χ0) is 19.6. The lowest BCUT2D eigenvalue weighted by molar-refractivity contribution is -0.279. The highest BCUT2D eigenvalue weighted by atomic mass is 16.6. The van der Waals surface area contributed by atoms with Crippen molar-refractivity contribution in [3.63, 3.8) is 0 Å². The average molecular weight is 372 g/mol. The summed E-state index contributed by atoms with van der Waals surface area (Å²) in [4.78, 5) is 10.4. The Hall–Kier alpha value is -2.55. The van der Waals surface area contributed by atoms with Gasteiger partial charge in [-0.05, 0) is 33.7 Å². The Balaban J connectivity index is 0.000000157. The molecular formula is C20H20O7. The Bertz CT molecular complexity index is 837. The van der Waals surface area contributed by atoms with Crippen molar-refractivity contribution < 1.29 is 35.1 Å². The summed E-state index contributed by atoms with van der Waals surface area (Å²) in [7, 11) is 0. The third-order valence-corrected chi connectivity index (χ3v) is 4.45. The van der Waals surface area contributed by atoms with E-state index in [0.29, 0.717) is 0 Å². The fourth-order valence-electron chi connectivity index (χ4n) is 2.95. The first-order valence-corrected chi connectivity index (χ1v) is 8.36. The molecule has 142 valence electrons. The van der Waals surface area contributed by atoms with E-state index < -0.39 is 36.7 Å². The molecule has 5 N–H and O–H groups in total. The molecule has 5 atom stereocenters. The number of aliphatic carboxylic acids is 1. The number of hydrogen-bond donors (Lipinski definition) is 5. The van der Waals surface area contributed by atoms with E-state index in [-0.39, 0.29) is 0 Å². The van der Waals surface area contributed by atoms with Gasteiger partial charge in [0.25, 0.3) is 0 Å². The van der Waals surface area contributed by atoms with Gasteiger partial charge in [0.15, 0.2) is 12.4 Å². The number of aliphatic hydroxyl groups is 4. The quantitative estimate of drug-likeness (QED) is 0.401. The maximum absolute atomic E-state index is 10.4. The first-order valence-electron chi connectivity index (χ1n) is 8.36. The summed E-state index contributed by atoms with van der Waals surface area (Å²) >= 11 is 0. The molecule has 3 aromatic rings. The Kier molecular flexibility index (Phi) is 5.69. The molecule has 0 aliphatic carbocycles. The smallest absolute Gasteiger partial charge is 0.335 e. The van der Waals surface area contributed by atoms with Crippen molar-refractivity contribution in [1.82, 2.24) is 0 Å². The topological polar surface area (TPSA) is 127 Å². The van der Waals surface area contributed by atoms with Gasteiger partial charge in [-0.3, -0.25) is 0 Å². The van der Waals surface area contributed by atoms with Crippen LogP contribution in [0.25, 0.3) is 21.5 Å². The highest BCUT2D eigenvalue weighted by Crippen LogP contribution is 2.22. The summed E-state index contributed by atoms with van der Waals surface area (Å²) in [6.45, 7) is 0. The standard InChI is InChI=1S/C14H10.C6H10O7/c1-2-6-12-10-14-8-4-3-7-13(14)9-11(12)5-1;7-1-2(8)4(5(10)11)13-6(12)3(1)9/h1-10H;1-4,6-9,12H,(H,10,11)/t;1-,2-,3+,4-,6+/m.0/s1. The van der Waals surface area contributed by atoms with E-state index in [2.05, 4.69) is 65.4 Å². The number of aliphatic hydroxyl groups excluding tert-OH is 4. The lowest BCUT2D eigenvalue weighted by atomic mass is 9.99. The minimum Gasteiger partial charge on any atom is -0.479 e. The number of fused-ring (bicyclic) bond motifs is 2. The van der Waals surface area contributed by atoms with Gasteiger partial charge >= 0.3 is 5.97 Å². The number of carboxylic acid groups (broad SMARTS) is 1. The molecule has 1 fully saturated rings. The van der Waals surface area contributed by atoms with E-state index in [4.69, 9.17) is 25.5 Å². The molecule has 0 bridgehead atoms. The van der Waals surface area contributed by atoms with Crippen LogP contribution in [0.4, 0.5) is 0 Å². The third kappa shape index (κ3) is 4.08. The highest BCUT2D eigenvalue weighted by Gasteiger charge is 2.46. The Labute approximate surface area is 154 Å². The predicted molar refractivity (Wildman–Crippen MR) is 98.0 cm³/mol. The van der Waals surface area contributed by atoms with Gasteiger partial charge in [0.2, 0.25) is 0 Å². The van der Waals surface area contributed by atoms with Crippen molar-refractivity contribution >= 4 is 27.5 Å². The molecule has 1 saturated heterocycles. The van der Waals surface area contributed by atoms with E-state index in [1.165, 1.54) is 21.5 Å². The van der Waals surface area contributed by atoms with Gasteiger partial charge in [-0.15, -0.1) is 0 Å². The fraction of sp³-hybridized carbons (Fsp3) is 0.250. The molecule has 27 heavy (non-hydrogen) atoms. The van der Waals surface area contributed by atoms with Crippen molar-refractivity contribution in [2.24, 2.45) is 0 Å². The molecule has 0 amide bonds. The second kappa shape index (κ2) is 7.99. The number of carbonyl (C=O) groups is 1. The number of benzene rings is 3. The second-order valence-corrected chi connectivity index (χ2v) is 6.30. The number of ether oxygens (including phenoxy) is 1. The molecule has 1 heterocycles. The van der Waals surface area contributed by atoms with Gasteiger partial charge in [-0.2, -0.15) is 0 Å². The first kappa shape index (κ1) is 19.2. The largest absolute Gasteiger partial charge is 0.479 e. The van der Waals surface area contributed by atoms with Crippen LogP contribution in [0.5, 0.6) is 0 Å². The minimum absolute atomic E-state index is 1.31. The van der Waals surface area contributed by atoms with Gasteiger partial charge in [0.05, 0.1) is 0 Å². The van der Waals surface area contributed by atoms with Crippen molar-refractivity contribution in [3.8, 4) is 0 Å². The number of hydrogen-bond acceptors (Lipinski definition) is 6. The molecule has 0 spiro atoms. The molecule has 7 nitrogen and oxygen atoms in total. The monoisotopic (exact) mass is 372 g/mol. The fourth-order valence-corrected chi connectivity index (χ4v) is 2.95. The molecule has 3 aromatic carbocycles. The summed E-state index contributed by atoms with van der Waals surface area (Å²) < 4.78 is 4.34. The average Bonchev–Trinajstić information content (AvgIpc) is 2.67. The molecule has 0 radical (unpaired) electrons. The van der Waals surface area contributed by atoms with E-state index >= 15 is 0 Å². The molecule has 0 saturated carbocycles. The lowest BCUT2D eigenvalue weighted by Crippen LogP contribution is -2.59. The third-order valence-electron chi connectivity index (χ3n) is 4.45. The van der Waals surface area contributed by atoms with Crippen molar-refractivity contribution in [2.75, 3.05) is 0 Å². The Morgan fingerprint density at radius 2 is 1.11 bits per heavy atom. The van der Waals surface area contributed by atoms with Crippen LogP contribution in [0.2, 0.25) is 0 Å². The molecular weight excluding hydrogens is 352 g/mol. The Morgan fingerprint density at radius 1 is 0.704 bits per heavy atom.